The van der Waals surface area contributed by atoms with Crippen molar-refractivity contribution in [1.82, 2.24) is 10.2 Å². The van der Waals surface area contributed by atoms with Gasteiger partial charge < -0.3 is 14.9 Å². The number of benzene rings is 1. The molecular formula is C17H16F3N3O4. The van der Waals surface area contributed by atoms with Gasteiger partial charge in [0, 0.05) is 5.56 Å². The molecule has 1 atom stereocenters. The van der Waals surface area contributed by atoms with Crippen LogP contribution in [0.15, 0.2) is 24.3 Å². The van der Waals surface area contributed by atoms with E-state index in [1.54, 1.807) is 0 Å². The minimum absolute atomic E-state index is 0.128. The van der Waals surface area contributed by atoms with Crippen molar-refractivity contribution in [3.05, 3.63) is 35.4 Å². The molecule has 1 saturated heterocycles. The normalized spacial score (nSPS) is 18.0. The van der Waals surface area contributed by atoms with Gasteiger partial charge in [0.1, 0.15) is 5.75 Å². The van der Waals surface area contributed by atoms with E-state index in [1.165, 1.54) is 24.0 Å². The molecule has 1 fully saturated rings. The first-order valence-electron chi connectivity index (χ1n) is 8.01. The second-order valence-electron chi connectivity index (χ2n) is 5.99. The number of amides is 1. The number of aliphatic hydroxyl groups excluding tert-OH is 1. The van der Waals surface area contributed by atoms with Gasteiger partial charge in [-0.3, -0.25) is 9.69 Å². The summed E-state index contributed by atoms with van der Waals surface area (Å²) in [5, 5.41) is 27.1. The number of halogens is 3. The number of rotatable bonds is 3. The summed E-state index contributed by atoms with van der Waals surface area (Å²) in [6.45, 7) is 1.42. The highest BCUT2D eigenvalue weighted by Crippen LogP contribution is 2.38. The van der Waals surface area contributed by atoms with Crippen LogP contribution in [-0.4, -0.2) is 52.2 Å². The molecule has 27 heavy (non-hydrogen) atoms. The van der Waals surface area contributed by atoms with Crippen molar-refractivity contribution < 1.29 is 32.9 Å². The number of aliphatic hydroxyl groups is 1. The zero-order valence-corrected chi connectivity index (χ0v) is 14.2. The van der Waals surface area contributed by atoms with Crippen molar-refractivity contribution in [3.63, 3.8) is 0 Å². The second-order valence-corrected chi connectivity index (χ2v) is 5.99. The van der Waals surface area contributed by atoms with Crippen LogP contribution < -0.4 is 4.90 Å². The Balaban J connectivity index is 1.91. The molecule has 2 heterocycles. The third kappa shape index (κ3) is 3.71. The largest absolute Gasteiger partial charge is 0.507 e. The van der Waals surface area contributed by atoms with Crippen LogP contribution in [0.4, 0.5) is 19.0 Å². The van der Waals surface area contributed by atoms with Gasteiger partial charge in [0.25, 0.3) is 5.91 Å². The summed E-state index contributed by atoms with van der Waals surface area (Å²) in [4.78, 5) is 13.5. The molecule has 144 valence electrons. The van der Waals surface area contributed by atoms with E-state index in [-0.39, 0.29) is 35.8 Å². The Hall–Kier alpha value is -2.72. The van der Waals surface area contributed by atoms with Crippen molar-refractivity contribution in [1.29, 1.82) is 0 Å². The number of carbonyl (C=O) groups is 1. The summed E-state index contributed by atoms with van der Waals surface area (Å²) >= 11 is 0. The molecule has 0 aliphatic carbocycles. The fourth-order valence-corrected chi connectivity index (χ4v) is 2.87. The third-order valence-electron chi connectivity index (χ3n) is 4.17. The van der Waals surface area contributed by atoms with Crippen LogP contribution in [0.5, 0.6) is 5.75 Å². The molecule has 0 saturated carbocycles. The number of alkyl halides is 3. The lowest BCUT2D eigenvalue weighted by Gasteiger charge is -2.30. The molecule has 0 spiro atoms. The number of morpholine rings is 1. The lowest BCUT2D eigenvalue weighted by atomic mass is 10.0. The van der Waals surface area contributed by atoms with E-state index in [1.807, 2.05) is 0 Å². The van der Waals surface area contributed by atoms with Gasteiger partial charge in [-0.2, -0.15) is 13.2 Å². The molecule has 2 N–H and O–H groups in total. The predicted octanol–water partition coefficient (Wildman–Crippen LogP) is 1.90. The second kappa shape index (κ2) is 7.12. The van der Waals surface area contributed by atoms with Gasteiger partial charge in [0.15, 0.2) is 11.9 Å². The summed E-state index contributed by atoms with van der Waals surface area (Å²) in [6.07, 6.45) is -5.54. The Morgan fingerprint density at radius 1 is 1.30 bits per heavy atom. The van der Waals surface area contributed by atoms with E-state index >= 15 is 0 Å². The highest BCUT2D eigenvalue weighted by Gasteiger charge is 2.33. The molecule has 0 unspecified atom stereocenters. The number of aromatic nitrogens is 2. The number of ether oxygens (including phenoxy) is 1. The summed E-state index contributed by atoms with van der Waals surface area (Å²) < 4.78 is 43.6. The van der Waals surface area contributed by atoms with Crippen molar-refractivity contribution in [2.24, 2.45) is 0 Å². The maximum Gasteiger partial charge on any atom is 0.416 e. The van der Waals surface area contributed by atoms with Crippen LogP contribution in [0.25, 0.3) is 11.3 Å². The van der Waals surface area contributed by atoms with Gasteiger partial charge >= 0.3 is 6.18 Å². The van der Waals surface area contributed by atoms with Crippen LogP contribution >= 0.6 is 0 Å². The zero-order valence-electron chi connectivity index (χ0n) is 14.2. The molecular weight excluding hydrogens is 367 g/mol. The van der Waals surface area contributed by atoms with Gasteiger partial charge in [-0.1, -0.05) is 0 Å². The highest BCUT2D eigenvalue weighted by molar-refractivity contribution is 5.96. The average molecular weight is 383 g/mol. The Morgan fingerprint density at radius 3 is 2.59 bits per heavy atom. The summed E-state index contributed by atoms with van der Waals surface area (Å²) in [5.74, 6) is -0.805. The minimum Gasteiger partial charge on any atom is -0.507 e. The number of nitrogens with zero attached hydrogens (tertiary/aromatic N) is 3. The van der Waals surface area contributed by atoms with E-state index in [9.17, 15) is 23.1 Å². The maximum atomic E-state index is 12.8. The van der Waals surface area contributed by atoms with E-state index in [2.05, 4.69) is 10.2 Å². The predicted molar refractivity (Wildman–Crippen MR) is 88.1 cm³/mol. The lowest BCUT2D eigenvalue weighted by Crippen LogP contribution is -2.49. The standard InChI is InChI=1S/C17H16F3N3O4/c1-9-6-10(17(18,19)20)7-12(25)15(9)11-2-3-14(22-21-11)23-4-5-27-13(8-24)16(23)26/h2-3,6-7,13,24-25H,4-5,8H2,1H3/t13-/m0/s1. The van der Waals surface area contributed by atoms with E-state index < -0.39 is 36.1 Å². The molecule has 1 aromatic carbocycles. The molecule has 10 heteroatoms. The number of hydrogen-bond donors (Lipinski definition) is 2. The van der Waals surface area contributed by atoms with Crippen molar-refractivity contribution in [2.45, 2.75) is 19.2 Å². The number of hydrogen-bond acceptors (Lipinski definition) is 6. The number of phenolic OH excluding ortho intramolecular Hbond substituents is 1. The Morgan fingerprint density at radius 2 is 2.04 bits per heavy atom. The topological polar surface area (TPSA) is 95.8 Å². The highest BCUT2D eigenvalue weighted by atomic mass is 19.4. The van der Waals surface area contributed by atoms with E-state index in [4.69, 9.17) is 9.84 Å². The fourth-order valence-electron chi connectivity index (χ4n) is 2.87. The number of anilines is 1. The van der Waals surface area contributed by atoms with Crippen LogP contribution in [-0.2, 0) is 15.7 Å². The van der Waals surface area contributed by atoms with Gasteiger partial charge in [-0.05, 0) is 36.8 Å². The molecule has 7 nitrogen and oxygen atoms in total. The third-order valence-corrected chi connectivity index (χ3v) is 4.17. The first-order valence-corrected chi connectivity index (χ1v) is 8.01. The monoisotopic (exact) mass is 383 g/mol. The Labute approximate surface area is 152 Å². The smallest absolute Gasteiger partial charge is 0.416 e. The van der Waals surface area contributed by atoms with Gasteiger partial charge in [0.05, 0.1) is 31.0 Å². The van der Waals surface area contributed by atoms with E-state index in [0.717, 1.165) is 6.07 Å². The molecule has 3 rings (SSSR count). The van der Waals surface area contributed by atoms with Crippen LogP contribution in [0.3, 0.4) is 0 Å². The summed E-state index contributed by atoms with van der Waals surface area (Å²) in [6, 6.07) is 4.47. The van der Waals surface area contributed by atoms with Crippen molar-refractivity contribution in [3.8, 4) is 17.0 Å². The van der Waals surface area contributed by atoms with Gasteiger partial charge in [-0.15, -0.1) is 10.2 Å². The van der Waals surface area contributed by atoms with Gasteiger partial charge in [0.2, 0.25) is 0 Å². The average Bonchev–Trinajstić information content (AvgIpc) is 2.61. The quantitative estimate of drug-likeness (QED) is 0.841. The SMILES string of the molecule is Cc1cc(C(F)(F)F)cc(O)c1-c1ccc(N2CCO[C@@H](CO)C2=O)nn1. The van der Waals surface area contributed by atoms with Crippen LogP contribution in [0.2, 0.25) is 0 Å². The fraction of sp³-hybridized carbons (Fsp3) is 0.353. The number of phenols is 1. The first-order chi connectivity index (χ1) is 12.7. The zero-order chi connectivity index (χ0) is 19.8. The molecule has 1 aliphatic heterocycles. The molecule has 0 bridgehead atoms. The summed E-state index contributed by atoms with van der Waals surface area (Å²) in [7, 11) is 0. The maximum absolute atomic E-state index is 12.8. The Kier molecular flexibility index (Phi) is 5.03. The van der Waals surface area contributed by atoms with Crippen LogP contribution in [0, 0.1) is 6.92 Å². The van der Waals surface area contributed by atoms with Crippen LogP contribution in [0.1, 0.15) is 11.1 Å². The molecule has 1 aliphatic rings. The van der Waals surface area contributed by atoms with Crippen molar-refractivity contribution >= 4 is 11.7 Å². The van der Waals surface area contributed by atoms with Crippen molar-refractivity contribution in [2.75, 3.05) is 24.7 Å². The Bertz CT molecular complexity index is 832. The minimum atomic E-state index is -4.57. The number of aryl methyl sites for hydroxylation is 1. The molecule has 1 amide bonds. The number of aromatic hydroxyl groups is 1. The van der Waals surface area contributed by atoms with E-state index in [0.29, 0.717) is 6.07 Å². The van der Waals surface area contributed by atoms with Gasteiger partial charge in [-0.25, -0.2) is 0 Å². The molecule has 1 aromatic heterocycles. The first kappa shape index (κ1) is 19.1. The lowest BCUT2D eigenvalue weighted by molar-refractivity contribution is -0.138. The molecule has 0 radical (unpaired) electrons. The summed E-state index contributed by atoms with van der Waals surface area (Å²) in [5.41, 5.74) is -0.475. The number of carbonyl (C=O) groups excluding carboxylic acids is 1. The molecule has 2 aromatic rings.